The highest BCUT2D eigenvalue weighted by Gasteiger charge is 2.38. The van der Waals surface area contributed by atoms with Gasteiger partial charge in [0.15, 0.2) is 6.10 Å². The summed E-state index contributed by atoms with van der Waals surface area (Å²) in [6, 6.07) is 1.23. The fourth-order valence-electron chi connectivity index (χ4n) is 1.11. The standard InChI is InChI=1S/C9H11BrF3NO2/c1-5(8-6(10)2-3-16-8)14-4-7(15)9(11,12)13/h2-3,5,7,14-15H,4H2,1H3. The molecule has 2 N–H and O–H groups in total. The topological polar surface area (TPSA) is 45.4 Å². The number of furan rings is 1. The van der Waals surface area contributed by atoms with E-state index in [1.54, 1.807) is 13.0 Å². The predicted molar refractivity (Wildman–Crippen MR) is 54.9 cm³/mol. The van der Waals surface area contributed by atoms with Gasteiger partial charge >= 0.3 is 6.18 Å². The maximum Gasteiger partial charge on any atom is 0.415 e. The van der Waals surface area contributed by atoms with Crippen LogP contribution in [0.15, 0.2) is 21.2 Å². The maximum absolute atomic E-state index is 12.0. The molecule has 7 heteroatoms. The first-order valence-electron chi connectivity index (χ1n) is 4.53. The monoisotopic (exact) mass is 301 g/mol. The normalized spacial score (nSPS) is 16.1. The summed E-state index contributed by atoms with van der Waals surface area (Å²) in [5.74, 6) is 0.495. The van der Waals surface area contributed by atoms with Crippen molar-refractivity contribution in [3.8, 4) is 0 Å². The molecule has 0 spiro atoms. The number of alkyl halides is 3. The molecule has 0 fully saturated rings. The minimum absolute atomic E-state index is 0.415. The first-order valence-corrected chi connectivity index (χ1v) is 5.32. The van der Waals surface area contributed by atoms with Crippen LogP contribution in [0.5, 0.6) is 0 Å². The van der Waals surface area contributed by atoms with Crippen LogP contribution in [-0.2, 0) is 0 Å². The Labute approximate surface area is 98.8 Å². The van der Waals surface area contributed by atoms with E-state index in [1.807, 2.05) is 0 Å². The Morgan fingerprint density at radius 2 is 2.19 bits per heavy atom. The van der Waals surface area contributed by atoms with Crippen molar-refractivity contribution in [2.24, 2.45) is 0 Å². The SMILES string of the molecule is CC(NCC(O)C(F)(F)F)c1occc1Br. The summed E-state index contributed by atoms with van der Waals surface area (Å²) in [7, 11) is 0. The van der Waals surface area contributed by atoms with E-state index in [2.05, 4.69) is 21.2 Å². The van der Waals surface area contributed by atoms with Crippen LogP contribution >= 0.6 is 15.9 Å². The van der Waals surface area contributed by atoms with Crippen molar-refractivity contribution in [3.05, 3.63) is 22.6 Å². The molecule has 0 aromatic carbocycles. The zero-order chi connectivity index (χ0) is 12.3. The molecule has 0 aliphatic heterocycles. The molecule has 0 aliphatic rings. The van der Waals surface area contributed by atoms with Crippen LogP contribution in [-0.4, -0.2) is 23.9 Å². The van der Waals surface area contributed by atoms with Gasteiger partial charge in [0.1, 0.15) is 5.76 Å². The Hall–Kier alpha value is -0.530. The lowest BCUT2D eigenvalue weighted by atomic mass is 10.2. The summed E-state index contributed by atoms with van der Waals surface area (Å²) in [4.78, 5) is 0. The molecule has 16 heavy (non-hydrogen) atoms. The fourth-order valence-corrected chi connectivity index (χ4v) is 1.66. The van der Waals surface area contributed by atoms with Gasteiger partial charge in [-0.25, -0.2) is 0 Å². The molecule has 0 saturated carbocycles. The van der Waals surface area contributed by atoms with Gasteiger partial charge in [0, 0.05) is 6.54 Å². The molecule has 0 amide bonds. The van der Waals surface area contributed by atoms with E-state index >= 15 is 0 Å². The van der Waals surface area contributed by atoms with E-state index in [0.717, 1.165) is 0 Å². The second kappa shape index (κ2) is 5.20. The minimum Gasteiger partial charge on any atom is -0.466 e. The quantitative estimate of drug-likeness (QED) is 0.898. The Morgan fingerprint density at radius 1 is 1.56 bits per heavy atom. The van der Waals surface area contributed by atoms with Crippen molar-refractivity contribution in [2.75, 3.05) is 6.54 Å². The Kier molecular flexibility index (Phi) is 4.40. The summed E-state index contributed by atoms with van der Waals surface area (Å²) in [5.41, 5.74) is 0. The summed E-state index contributed by atoms with van der Waals surface area (Å²) in [6.07, 6.45) is -5.55. The second-order valence-corrected chi connectivity index (χ2v) is 4.17. The first-order chi connectivity index (χ1) is 7.32. The second-order valence-electron chi connectivity index (χ2n) is 3.32. The lowest BCUT2D eigenvalue weighted by molar-refractivity contribution is -0.202. The lowest BCUT2D eigenvalue weighted by Crippen LogP contribution is -2.39. The van der Waals surface area contributed by atoms with Crippen molar-refractivity contribution in [1.82, 2.24) is 5.32 Å². The Morgan fingerprint density at radius 3 is 2.62 bits per heavy atom. The molecule has 92 valence electrons. The molecule has 0 saturated heterocycles. The highest BCUT2D eigenvalue weighted by atomic mass is 79.9. The molecule has 0 bridgehead atoms. The molecule has 0 radical (unpaired) electrons. The minimum atomic E-state index is -4.60. The van der Waals surface area contributed by atoms with Gasteiger partial charge in [-0.3, -0.25) is 0 Å². The van der Waals surface area contributed by atoms with E-state index in [9.17, 15) is 13.2 Å². The largest absolute Gasteiger partial charge is 0.466 e. The smallest absolute Gasteiger partial charge is 0.415 e. The molecule has 1 aromatic heterocycles. The van der Waals surface area contributed by atoms with Crippen LogP contribution in [0.2, 0.25) is 0 Å². The van der Waals surface area contributed by atoms with Crippen molar-refractivity contribution in [3.63, 3.8) is 0 Å². The molecule has 1 aromatic rings. The molecule has 2 unspecified atom stereocenters. The summed E-state index contributed by atoms with van der Waals surface area (Å²) in [6.45, 7) is 1.07. The number of aliphatic hydroxyl groups is 1. The van der Waals surface area contributed by atoms with Gasteiger partial charge in [-0.1, -0.05) is 0 Å². The summed E-state index contributed by atoms with van der Waals surface area (Å²) >= 11 is 3.19. The molecule has 2 atom stereocenters. The van der Waals surface area contributed by atoms with Gasteiger partial charge in [0.2, 0.25) is 0 Å². The number of hydrogen-bond donors (Lipinski definition) is 2. The zero-order valence-corrected chi connectivity index (χ0v) is 9.97. The van der Waals surface area contributed by atoms with Gasteiger partial charge in [-0.15, -0.1) is 0 Å². The average molecular weight is 302 g/mol. The van der Waals surface area contributed by atoms with Crippen molar-refractivity contribution < 1.29 is 22.7 Å². The predicted octanol–water partition coefficient (Wildman–Crippen LogP) is 2.62. The third-order valence-corrected chi connectivity index (χ3v) is 2.69. The zero-order valence-electron chi connectivity index (χ0n) is 8.38. The van der Waals surface area contributed by atoms with E-state index in [4.69, 9.17) is 9.52 Å². The van der Waals surface area contributed by atoms with E-state index in [-0.39, 0.29) is 0 Å². The summed E-state index contributed by atoms with van der Waals surface area (Å²) in [5, 5.41) is 11.3. The van der Waals surface area contributed by atoms with Gasteiger partial charge in [0.05, 0.1) is 16.8 Å². The number of nitrogens with one attached hydrogen (secondary N) is 1. The molecule has 1 heterocycles. The maximum atomic E-state index is 12.0. The van der Waals surface area contributed by atoms with Crippen molar-refractivity contribution in [2.45, 2.75) is 25.2 Å². The van der Waals surface area contributed by atoms with Crippen molar-refractivity contribution >= 4 is 15.9 Å². The number of rotatable bonds is 4. The third kappa shape index (κ3) is 3.50. The van der Waals surface area contributed by atoms with Crippen LogP contribution in [0.3, 0.4) is 0 Å². The molecular formula is C9H11BrF3NO2. The third-order valence-electron chi connectivity index (χ3n) is 2.03. The molecule has 1 rings (SSSR count). The molecule has 3 nitrogen and oxygen atoms in total. The average Bonchev–Trinajstić information content (AvgIpc) is 2.58. The fraction of sp³-hybridized carbons (Fsp3) is 0.556. The van der Waals surface area contributed by atoms with Gasteiger partial charge in [0.25, 0.3) is 0 Å². The first kappa shape index (κ1) is 13.5. The highest BCUT2D eigenvalue weighted by Crippen LogP contribution is 2.25. The lowest BCUT2D eigenvalue weighted by Gasteiger charge is -2.18. The number of hydrogen-bond acceptors (Lipinski definition) is 3. The van der Waals surface area contributed by atoms with Gasteiger partial charge in [-0.05, 0) is 28.9 Å². The van der Waals surface area contributed by atoms with Crippen LogP contribution < -0.4 is 5.32 Å². The van der Waals surface area contributed by atoms with Crippen molar-refractivity contribution in [1.29, 1.82) is 0 Å². The van der Waals surface area contributed by atoms with E-state index in [1.165, 1.54) is 6.26 Å². The van der Waals surface area contributed by atoms with Crippen LogP contribution in [0.1, 0.15) is 18.7 Å². The highest BCUT2D eigenvalue weighted by molar-refractivity contribution is 9.10. The van der Waals surface area contributed by atoms with E-state index < -0.39 is 24.9 Å². The molecular weight excluding hydrogens is 291 g/mol. The number of aliphatic hydroxyl groups excluding tert-OH is 1. The Balaban J connectivity index is 2.48. The van der Waals surface area contributed by atoms with Gasteiger partial charge in [-0.2, -0.15) is 13.2 Å². The Bertz CT molecular complexity index is 340. The van der Waals surface area contributed by atoms with E-state index in [0.29, 0.717) is 10.2 Å². The number of halogens is 4. The van der Waals surface area contributed by atoms with Crippen LogP contribution in [0.4, 0.5) is 13.2 Å². The molecule has 0 aliphatic carbocycles. The van der Waals surface area contributed by atoms with Gasteiger partial charge < -0.3 is 14.8 Å². The van der Waals surface area contributed by atoms with Crippen LogP contribution in [0, 0.1) is 0 Å². The van der Waals surface area contributed by atoms with Crippen LogP contribution in [0.25, 0.3) is 0 Å². The summed E-state index contributed by atoms with van der Waals surface area (Å²) < 4.78 is 41.7.